The van der Waals surface area contributed by atoms with Gasteiger partial charge in [0.1, 0.15) is 5.82 Å². The van der Waals surface area contributed by atoms with E-state index in [4.69, 9.17) is 5.73 Å². The summed E-state index contributed by atoms with van der Waals surface area (Å²) in [5.74, 6) is 1.10. The summed E-state index contributed by atoms with van der Waals surface area (Å²) in [6.07, 6.45) is 1.23. The van der Waals surface area contributed by atoms with Crippen LogP contribution in [0.5, 0.6) is 0 Å². The van der Waals surface area contributed by atoms with Gasteiger partial charge in [0.2, 0.25) is 0 Å². The highest BCUT2D eigenvalue weighted by Crippen LogP contribution is 2.17. The average molecular weight is 273 g/mol. The molecule has 108 valence electrons. The third kappa shape index (κ3) is 2.75. The highest BCUT2D eigenvalue weighted by atomic mass is 16.1. The van der Waals surface area contributed by atoms with Crippen LogP contribution in [-0.2, 0) is 17.8 Å². The topological polar surface area (TPSA) is 60.9 Å². The molecule has 0 aliphatic carbocycles. The summed E-state index contributed by atoms with van der Waals surface area (Å²) >= 11 is 0. The van der Waals surface area contributed by atoms with Crippen molar-refractivity contribution in [1.29, 1.82) is 0 Å². The number of hydrogen-bond acceptors (Lipinski definition) is 3. The van der Waals surface area contributed by atoms with Gasteiger partial charge in [-0.15, -0.1) is 0 Å². The van der Waals surface area contributed by atoms with Gasteiger partial charge in [0.05, 0.1) is 23.5 Å². The first kappa shape index (κ1) is 14.7. The Morgan fingerprint density at radius 1 is 1.35 bits per heavy atom. The fraction of sp³-hybridized carbons (Fsp3) is 0.500. The number of rotatable bonds is 6. The molecule has 2 aromatic rings. The Kier molecular flexibility index (Phi) is 4.55. The van der Waals surface area contributed by atoms with E-state index in [1.165, 1.54) is 0 Å². The fourth-order valence-corrected chi connectivity index (χ4v) is 2.46. The number of aryl methyl sites for hydroxylation is 1. The van der Waals surface area contributed by atoms with Crippen LogP contribution < -0.4 is 5.73 Å². The zero-order valence-electron chi connectivity index (χ0n) is 12.5. The Balaban J connectivity index is 2.27. The molecular weight excluding hydrogens is 250 g/mol. The predicted molar refractivity (Wildman–Crippen MR) is 81.5 cm³/mol. The van der Waals surface area contributed by atoms with Crippen molar-refractivity contribution in [1.82, 2.24) is 9.55 Å². The Morgan fingerprint density at radius 3 is 2.70 bits per heavy atom. The summed E-state index contributed by atoms with van der Waals surface area (Å²) in [6.45, 7) is 6.95. The molecule has 1 aromatic heterocycles. The van der Waals surface area contributed by atoms with E-state index < -0.39 is 6.04 Å². The molecule has 0 radical (unpaired) electrons. The molecule has 0 aliphatic heterocycles. The molecule has 0 saturated heterocycles. The van der Waals surface area contributed by atoms with Crippen molar-refractivity contribution in [3.8, 4) is 0 Å². The van der Waals surface area contributed by atoms with Crippen molar-refractivity contribution in [3.05, 3.63) is 30.1 Å². The minimum atomic E-state index is -0.398. The lowest BCUT2D eigenvalue weighted by molar-refractivity contribution is -0.120. The van der Waals surface area contributed by atoms with Gasteiger partial charge in [-0.1, -0.05) is 32.4 Å². The zero-order chi connectivity index (χ0) is 14.7. The van der Waals surface area contributed by atoms with E-state index in [9.17, 15) is 4.79 Å². The summed E-state index contributed by atoms with van der Waals surface area (Å²) in [5.41, 5.74) is 8.04. The lowest BCUT2D eigenvalue weighted by atomic mass is 9.95. The maximum Gasteiger partial charge on any atom is 0.157 e. The number of aromatic nitrogens is 2. The first-order chi connectivity index (χ1) is 9.58. The van der Waals surface area contributed by atoms with Crippen LogP contribution in [0.2, 0.25) is 0 Å². The fourth-order valence-electron chi connectivity index (χ4n) is 2.46. The van der Waals surface area contributed by atoms with Crippen LogP contribution in [0.1, 0.15) is 33.0 Å². The van der Waals surface area contributed by atoms with Crippen molar-refractivity contribution >= 4 is 16.8 Å². The van der Waals surface area contributed by atoms with E-state index in [0.29, 0.717) is 6.42 Å². The standard InChI is InChI=1S/C16H23N3O/c1-4-11(3)16(17)14(20)10-15-18-12-8-6-7-9-13(12)19(15)5-2/h6-9,11,16H,4-5,10,17H2,1-3H3. The molecule has 0 bridgehead atoms. The average Bonchev–Trinajstić information content (AvgIpc) is 2.82. The van der Waals surface area contributed by atoms with Crippen molar-refractivity contribution in [3.63, 3.8) is 0 Å². The maximum absolute atomic E-state index is 12.3. The van der Waals surface area contributed by atoms with Gasteiger partial charge in [-0.3, -0.25) is 4.79 Å². The van der Waals surface area contributed by atoms with Gasteiger partial charge in [-0.25, -0.2) is 4.98 Å². The van der Waals surface area contributed by atoms with Gasteiger partial charge in [-0.05, 0) is 25.0 Å². The van der Waals surface area contributed by atoms with Gasteiger partial charge < -0.3 is 10.3 Å². The van der Waals surface area contributed by atoms with E-state index in [1.807, 2.05) is 31.2 Å². The minimum Gasteiger partial charge on any atom is -0.328 e. The van der Waals surface area contributed by atoms with Crippen LogP contribution in [0.3, 0.4) is 0 Å². The molecule has 4 nitrogen and oxygen atoms in total. The van der Waals surface area contributed by atoms with Crippen LogP contribution in [-0.4, -0.2) is 21.4 Å². The number of hydrogen-bond donors (Lipinski definition) is 1. The van der Waals surface area contributed by atoms with Crippen molar-refractivity contribution in [2.45, 2.75) is 46.2 Å². The first-order valence-corrected chi connectivity index (χ1v) is 7.30. The molecule has 2 rings (SSSR count). The molecule has 4 heteroatoms. The lowest BCUT2D eigenvalue weighted by Gasteiger charge is -2.17. The van der Waals surface area contributed by atoms with E-state index in [2.05, 4.69) is 23.4 Å². The molecular formula is C16H23N3O. The monoisotopic (exact) mass is 273 g/mol. The molecule has 0 saturated carbocycles. The van der Waals surface area contributed by atoms with Crippen LogP contribution in [0, 0.1) is 5.92 Å². The molecule has 0 aliphatic rings. The summed E-state index contributed by atoms with van der Waals surface area (Å²) in [4.78, 5) is 16.9. The molecule has 2 atom stereocenters. The van der Waals surface area contributed by atoms with Crippen molar-refractivity contribution in [2.24, 2.45) is 11.7 Å². The number of nitrogens with two attached hydrogens (primary N) is 1. The third-order valence-electron chi connectivity index (χ3n) is 4.01. The second kappa shape index (κ2) is 6.18. The molecule has 1 aromatic carbocycles. The van der Waals surface area contributed by atoms with Crippen molar-refractivity contribution in [2.75, 3.05) is 0 Å². The number of nitrogens with zero attached hydrogens (tertiary/aromatic N) is 2. The van der Waals surface area contributed by atoms with Gasteiger partial charge in [0.15, 0.2) is 5.78 Å². The Morgan fingerprint density at radius 2 is 2.05 bits per heavy atom. The van der Waals surface area contributed by atoms with Gasteiger partial charge >= 0.3 is 0 Å². The number of carbonyl (C=O) groups excluding carboxylic acids is 1. The molecule has 2 unspecified atom stereocenters. The summed E-state index contributed by atoms with van der Waals surface area (Å²) < 4.78 is 2.09. The van der Waals surface area contributed by atoms with E-state index in [1.54, 1.807) is 0 Å². The molecule has 20 heavy (non-hydrogen) atoms. The molecule has 2 N–H and O–H groups in total. The van der Waals surface area contributed by atoms with Gasteiger partial charge in [-0.2, -0.15) is 0 Å². The number of fused-ring (bicyclic) bond motifs is 1. The van der Waals surface area contributed by atoms with Crippen LogP contribution in [0.4, 0.5) is 0 Å². The molecule has 0 amide bonds. The molecule has 0 spiro atoms. The second-order valence-electron chi connectivity index (χ2n) is 5.32. The van der Waals surface area contributed by atoms with Crippen molar-refractivity contribution < 1.29 is 4.79 Å². The normalized spacial score (nSPS) is 14.4. The summed E-state index contributed by atoms with van der Waals surface area (Å²) in [5, 5.41) is 0. The Labute approximate surface area is 120 Å². The Hall–Kier alpha value is -1.68. The Bertz CT molecular complexity index is 603. The second-order valence-corrected chi connectivity index (χ2v) is 5.32. The quantitative estimate of drug-likeness (QED) is 0.879. The van der Waals surface area contributed by atoms with E-state index >= 15 is 0 Å². The predicted octanol–water partition coefficient (Wildman–Crippen LogP) is 2.54. The lowest BCUT2D eigenvalue weighted by Crippen LogP contribution is -2.38. The summed E-state index contributed by atoms with van der Waals surface area (Å²) in [7, 11) is 0. The number of ketones is 1. The highest BCUT2D eigenvalue weighted by molar-refractivity contribution is 5.86. The smallest absolute Gasteiger partial charge is 0.157 e. The molecule has 0 fully saturated rings. The van der Waals surface area contributed by atoms with Gasteiger partial charge in [0, 0.05) is 6.54 Å². The number of para-hydroxylation sites is 2. The minimum absolute atomic E-state index is 0.0735. The number of carbonyl (C=O) groups is 1. The third-order valence-corrected chi connectivity index (χ3v) is 4.01. The van der Waals surface area contributed by atoms with E-state index in [-0.39, 0.29) is 11.7 Å². The SMILES string of the molecule is CCC(C)C(N)C(=O)Cc1nc2ccccc2n1CC. The first-order valence-electron chi connectivity index (χ1n) is 7.30. The number of Topliss-reactive ketones (excluding diaryl/α,β-unsaturated/α-hetero) is 1. The van der Waals surface area contributed by atoms with E-state index in [0.717, 1.165) is 29.8 Å². The van der Waals surface area contributed by atoms with Crippen LogP contribution in [0.25, 0.3) is 11.0 Å². The van der Waals surface area contributed by atoms with Crippen LogP contribution >= 0.6 is 0 Å². The highest BCUT2D eigenvalue weighted by Gasteiger charge is 2.22. The van der Waals surface area contributed by atoms with Crippen LogP contribution in [0.15, 0.2) is 24.3 Å². The zero-order valence-corrected chi connectivity index (χ0v) is 12.5. The van der Waals surface area contributed by atoms with Gasteiger partial charge in [0.25, 0.3) is 0 Å². The molecule has 1 heterocycles. The number of imidazole rings is 1. The number of benzene rings is 1. The summed E-state index contributed by atoms with van der Waals surface area (Å²) in [6, 6.07) is 7.57. The maximum atomic E-state index is 12.3. The largest absolute Gasteiger partial charge is 0.328 e.